The van der Waals surface area contributed by atoms with Crippen LogP contribution in [0.4, 0.5) is 0 Å². The number of hydrogen-bond acceptors (Lipinski definition) is 0. The van der Waals surface area contributed by atoms with Gasteiger partial charge in [-0.3, -0.25) is 0 Å². The summed E-state index contributed by atoms with van der Waals surface area (Å²) in [5, 5.41) is 0. The van der Waals surface area contributed by atoms with Crippen LogP contribution in [0.3, 0.4) is 0 Å². The average Bonchev–Trinajstić information content (AvgIpc) is 1.38. The van der Waals surface area contributed by atoms with E-state index in [0.717, 1.165) is 0 Å². The van der Waals surface area contributed by atoms with E-state index >= 15 is 0 Å². The Bertz CT molecular complexity index is 42.9. The van der Waals surface area contributed by atoms with Gasteiger partial charge in [0.25, 0.3) is 0 Å². The van der Waals surface area contributed by atoms with Gasteiger partial charge in [0.1, 0.15) is 0 Å². The normalized spacial score (nSPS) is 7.00. The fraction of sp³-hybridized carbons (Fsp3) is 0.333. The Morgan fingerprint density at radius 2 is 1.80 bits per heavy atom. The third kappa shape index (κ3) is 5.20. The fourth-order valence-electron chi connectivity index (χ4n) is 0. The molecule has 0 aliphatic carbocycles. The van der Waals surface area contributed by atoms with Crippen LogP contribution >= 0.6 is 45.2 Å². The maximum atomic E-state index is 2.25. The van der Waals surface area contributed by atoms with Crippen molar-refractivity contribution < 1.29 is 0 Å². The van der Waals surface area contributed by atoms with Crippen molar-refractivity contribution in [2.45, 2.75) is 6.92 Å². The van der Waals surface area contributed by atoms with Gasteiger partial charge in [0, 0.05) is 1.59 Å². The molecule has 0 radical (unpaired) electrons. The highest BCUT2D eigenvalue weighted by Gasteiger charge is 1.66. The van der Waals surface area contributed by atoms with E-state index in [2.05, 4.69) is 51.3 Å². The van der Waals surface area contributed by atoms with Crippen molar-refractivity contribution in [3.63, 3.8) is 0 Å². The second-order valence-electron chi connectivity index (χ2n) is 0.578. The van der Waals surface area contributed by atoms with Gasteiger partial charge in [0.2, 0.25) is 0 Å². The molecule has 0 atom stereocenters. The average molecular weight is 294 g/mol. The molecule has 0 rings (SSSR count). The fourth-order valence-corrected chi connectivity index (χ4v) is 0. The predicted molar refractivity (Wildman–Crippen MR) is 41.8 cm³/mol. The minimum Gasteiger partial charge on any atom is -0.0681 e. The van der Waals surface area contributed by atoms with Gasteiger partial charge in [-0.2, -0.15) is 0 Å². The van der Waals surface area contributed by atoms with E-state index < -0.39 is 0 Å². The van der Waals surface area contributed by atoms with Crippen molar-refractivity contribution in [3.05, 3.63) is 7.66 Å². The monoisotopic (exact) mass is 294 g/mol. The van der Waals surface area contributed by atoms with Crippen molar-refractivity contribution >= 4 is 45.2 Å². The molecule has 0 amide bonds. The van der Waals surface area contributed by atoms with Gasteiger partial charge < -0.3 is 0 Å². The van der Waals surface area contributed by atoms with Crippen molar-refractivity contribution in [2.75, 3.05) is 0 Å². The van der Waals surface area contributed by atoms with Crippen molar-refractivity contribution in [2.24, 2.45) is 0 Å². The Labute approximate surface area is 59.3 Å². The van der Waals surface area contributed by atoms with Crippen molar-refractivity contribution in [1.29, 1.82) is 0 Å². The zero-order valence-corrected chi connectivity index (χ0v) is 7.15. The quantitative estimate of drug-likeness (QED) is 0.603. The van der Waals surface area contributed by atoms with Gasteiger partial charge in [-0.1, -0.05) is 6.08 Å². The SMILES string of the molecule is CC=C(I)I. The molecule has 5 heavy (non-hydrogen) atoms. The summed E-state index contributed by atoms with van der Waals surface area (Å²) in [5.74, 6) is 0. The molecule has 30 valence electrons. The summed E-state index contributed by atoms with van der Waals surface area (Å²) in [6, 6.07) is 0. The van der Waals surface area contributed by atoms with Crippen LogP contribution in [-0.2, 0) is 0 Å². The third-order valence-corrected chi connectivity index (χ3v) is 1.46. The first-order valence-corrected chi connectivity index (χ1v) is 3.40. The molecule has 0 heterocycles. The summed E-state index contributed by atoms with van der Waals surface area (Å²) >= 11 is 4.51. The van der Waals surface area contributed by atoms with Crippen LogP contribution in [-0.4, -0.2) is 0 Å². The molecule has 0 aliphatic rings. The van der Waals surface area contributed by atoms with Crippen molar-refractivity contribution in [1.82, 2.24) is 0 Å². The molecule has 2 heteroatoms. The second kappa shape index (κ2) is 3.39. The van der Waals surface area contributed by atoms with Crippen LogP contribution in [0.15, 0.2) is 7.66 Å². The number of hydrogen-bond donors (Lipinski definition) is 0. The first-order valence-electron chi connectivity index (χ1n) is 1.24. The van der Waals surface area contributed by atoms with E-state index in [-0.39, 0.29) is 0 Å². The molecule has 0 aromatic rings. The van der Waals surface area contributed by atoms with Gasteiger partial charge in [0.15, 0.2) is 0 Å². The van der Waals surface area contributed by atoms with Crippen LogP contribution in [0.2, 0.25) is 0 Å². The molecule has 0 bridgehead atoms. The molecule has 0 N–H and O–H groups in total. The summed E-state index contributed by atoms with van der Waals surface area (Å²) in [7, 11) is 0. The van der Waals surface area contributed by atoms with E-state index in [4.69, 9.17) is 0 Å². The maximum Gasteiger partial charge on any atom is 0.0471 e. The van der Waals surface area contributed by atoms with Crippen LogP contribution in [0, 0.1) is 0 Å². The summed E-state index contributed by atoms with van der Waals surface area (Å²) in [4.78, 5) is 0. The van der Waals surface area contributed by atoms with Crippen LogP contribution < -0.4 is 0 Å². The van der Waals surface area contributed by atoms with E-state index in [1.54, 1.807) is 0 Å². The van der Waals surface area contributed by atoms with Gasteiger partial charge in [-0.25, -0.2) is 0 Å². The molecule has 0 aromatic carbocycles. The molecule has 0 aromatic heterocycles. The number of allylic oxidation sites excluding steroid dienone is 1. The third-order valence-electron chi connectivity index (χ3n) is 0.218. The minimum atomic E-state index is 1.32. The molecular formula is C3H4I2. The van der Waals surface area contributed by atoms with E-state index in [1.807, 2.05) is 6.92 Å². The van der Waals surface area contributed by atoms with E-state index in [0.29, 0.717) is 0 Å². The highest BCUT2D eigenvalue weighted by Crippen LogP contribution is 2.12. The first kappa shape index (κ1) is 6.20. The van der Waals surface area contributed by atoms with Gasteiger partial charge in [-0.05, 0) is 52.1 Å². The summed E-state index contributed by atoms with van der Waals surface area (Å²) in [6.07, 6.45) is 2.06. The zero-order chi connectivity index (χ0) is 4.28. The van der Waals surface area contributed by atoms with Gasteiger partial charge in [-0.15, -0.1) is 0 Å². The standard InChI is InChI=1S/C3H4I2/c1-2-3(4)5/h2H,1H3. The zero-order valence-electron chi connectivity index (χ0n) is 2.83. The molecule has 0 nitrogen and oxygen atoms in total. The van der Waals surface area contributed by atoms with Crippen molar-refractivity contribution in [3.8, 4) is 0 Å². The Hall–Kier alpha value is 1.20. The van der Waals surface area contributed by atoms with Crippen LogP contribution in [0.5, 0.6) is 0 Å². The van der Waals surface area contributed by atoms with Crippen LogP contribution in [0.25, 0.3) is 0 Å². The largest absolute Gasteiger partial charge is 0.0681 e. The van der Waals surface area contributed by atoms with Gasteiger partial charge in [0.05, 0.1) is 0 Å². The summed E-state index contributed by atoms with van der Waals surface area (Å²) < 4.78 is 1.32. The molecule has 0 saturated heterocycles. The molecule has 0 unspecified atom stereocenters. The summed E-state index contributed by atoms with van der Waals surface area (Å²) in [6.45, 7) is 2.02. The number of rotatable bonds is 0. The molecule has 0 aliphatic heterocycles. The molecule has 0 fully saturated rings. The minimum absolute atomic E-state index is 1.32. The Morgan fingerprint density at radius 1 is 1.60 bits per heavy atom. The molecule has 0 saturated carbocycles. The van der Waals surface area contributed by atoms with Crippen LogP contribution in [0.1, 0.15) is 6.92 Å². The predicted octanol–water partition coefficient (Wildman–Crippen LogP) is 2.72. The maximum absolute atomic E-state index is 2.25. The Morgan fingerprint density at radius 3 is 1.80 bits per heavy atom. The summed E-state index contributed by atoms with van der Waals surface area (Å²) in [5.41, 5.74) is 0. The Kier molecular flexibility index (Phi) is 4.21. The van der Waals surface area contributed by atoms with E-state index in [1.165, 1.54) is 1.59 Å². The lowest BCUT2D eigenvalue weighted by Gasteiger charge is -1.68. The second-order valence-corrected chi connectivity index (χ2v) is 4.97. The molecular weight excluding hydrogens is 290 g/mol. The lowest BCUT2D eigenvalue weighted by atomic mass is 10.8. The lowest BCUT2D eigenvalue weighted by Crippen LogP contribution is -1.34. The molecule has 0 spiro atoms. The number of halogens is 2. The smallest absolute Gasteiger partial charge is 0.0471 e. The topological polar surface area (TPSA) is 0 Å². The highest BCUT2D eigenvalue weighted by molar-refractivity contribution is 14.2. The first-order chi connectivity index (χ1) is 2.27. The Balaban J connectivity index is 3.14. The lowest BCUT2D eigenvalue weighted by molar-refractivity contribution is 1.79. The van der Waals surface area contributed by atoms with Gasteiger partial charge >= 0.3 is 0 Å². The highest BCUT2D eigenvalue weighted by atomic mass is 127. The van der Waals surface area contributed by atoms with E-state index in [9.17, 15) is 0 Å².